The molecule has 1 aliphatic heterocycles. The van der Waals surface area contributed by atoms with Crippen LogP contribution in [0.15, 0.2) is 42.6 Å². The third kappa shape index (κ3) is 3.44. The van der Waals surface area contributed by atoms with Crippen molar-refractivity contribution in [3.8, 4) is 17.2 Å². The van der Waals surface area contributed by atoms with Crippen LogP contribution in [0.1, 0.15) is 10.4 Å². The van der Waals surface area contributed by atoms with Gasteiger partial charge in [-0.25, -0.2) is 0 Å². The Morgan fingerprint density at radius 3 is 2.24 bits per heavy atom. The fourth-order valence-corrected chi connectivity index (χ4v) is 3.84. The number of carbonyl (C=O) groups excluding carboxylic acids is 1. The number of H-pyrrole nitrogens is 1. The van der Waals surface area contributed by atoms with E-state index in [4.69, 9.17) is 14.2 Å². The number of aromatic amines is 1. The number of aromatic nitrogens is 1. The summed E-state index contributed by atoms with van der Waals surface area (Å²) in [5.41, 5.74) is 2.55. The van der Waals surface area contributed by atoms with Crippen LogP contribution in [0.25, 0.3) is 10.9 Å². The minimum Gasteiger partial charge on any atom is -0.495 e. The highest BCUT2D eigenvalue weighted by Gasteiger charge is 2.25. The van der Waals surface area contributed by atoms with E-state index in [9.17, 15) is 4.79 Å². The molecule has 7 heteroatoms. The van der Waals surface area contributed by atoms with Crippen LogP contribution in [-0.4, -0.2) is 63.3 Å². The largest absolute Gasteiger partial charge is 0.495 e. The van der Waals surface area contributed by atoms with Crippen LogP contribution >= 0.6 is 0 Å². The molecule has 1 amide bonds. The molecule has 1 aliphatic rings. The molecular weight excluding hydrogens is 370 g/mol. The molecule has 7 nitrogen and oxygen atoms in total. The first-order valence-electron chi connectivity index (χ1n) is 9.56. The van der Waals surface area contributed by atoms with Gasteiger partial charge in [-0.15, -0.1) is 0 Å². The Morgan fingerprint density at radius 2 is 1.55 bits per heavy atom. The molecule has 2 aromatic carbocycles. The number of benzene rings is 2. The molecule has 29 heavy (non-hydrogen) atoms. The minimum absolute atomic E-state index is 0.0168. The summed E-state index contributed by atoms with van der Waals surface area (Å²) in [4.78, 5) is 20.5. The normalized spacial score (nSPS) is 14.2. The fourth-order valence-electron chi connectivity index (χ4n) is 3.84. The number of fused-ring (bicyclic) bond motifs is 1. The number of methoxy groups -OCH3 is 3. The fraction of sp³-hybridized carbons (Fsp3) is 0.318. The topological polar surface area (TPSA) is 67.0 Å². The monoisotopic (exact) mass is 395 g/mol. The molecule has 3 aromatic rings. The molecule has 0 atom stereocenters. The number of hydrogen-bond donors (Lipinski definition) is 1. The van der Waals surface area contributed by atoms with Crippen molar-refractivity contribution in [2.45, 2.75) is 0 Å². The van der Waals surface area contributed by atoms with Gasteiger partial charge in [-0.3, -0.25) is 4.79 Å². The zero-order chi connectivity index (χ0) is 20.4. The predicted octanol–water partition coefficient (Wildman–Crippen LogP) is 3.16. The van der Waals surface area contributed by atoms with Gasteiger partial charge < -0.3 is 29.0 Å². The van der Waals surface area contributed by atoms with Gasteiger partial charge in [0.1, 0.15) is 5.75 Å². The summed E-state index contributed by atoms with van der Waals surface area (Å²) in [6.45, 7) is 2.81. The lowest BCUT2D eigenvalue weighted by molar-refractivity contribution is 0.0748. The van der Waals surface area contributed by atoms with Gasteiger partial charge in [-0.2, -0.15) is 0 Å². The van der Waals surface area contributed by atoms with E-state index in [1.165, 1.54) is 0 Å². The van der Waals surface area contributed by atoms with Gasteiger partial charge in [0, 0.05) is 43.8 Å². The van der Waals surface area contributed by atoms with Crippen molar-refractivity contribution in [1.82, 2.24) is 9.88 Å². The van der Waals surface area contributed by atoms with Crippen molar-refractivity contribution in [3.05, 3.63) is 48.2 Å². The lowest BCUT2D eigenvalue weighted by Crippen LogP contribution is -2.48. The summed E-state index contributed by atoms with van der Waals surface area (Å²) in [5, 5.41) is 0.833. The van der Waals surface area contributed by atoms with E-state index in [1.54, 1.807) is 27.5 Å². The van der Waals surface area contributed by atoms with Crippen LogP contribution < -0.4 is 19.1 Å². The van der Waals surface area contributed by atoms with Crippen LogP contribution in [0.3, 0.4) is 0 Å². The lowest BCUT2D eigenvalue weighted by atomic mass is 10.1. The zero-order valence-electron chi connectivity index (χ0n) is 16.9. The summed E-state index contributed by atoms with van der Waals surface area (Å²) in [6, 6.07) is 11.7. The van der Waals surface area contributed by atoms with Gasteiger partial charge in [-0.1, -0.05) is 12.1 Å². The lowest BCUT2D eigenvalue weighted by Gasteiger charge is -2.36. The van der Waals surface area contributed by atoms with Crippen molar-refractivity contribution in [3.63, 3.8) is 0 Å². The molecule has 0 spiro atoms. The quantitative estimate of drug-likeness (QED) is 0.719. The van der Waals surface area contributed by atoms with Crippen LogP contribution in [0, 0.1) is 0 Å². The van der Waals surface area contributed by atoms with Crippen LogP contribution in [0.4, 0.5) is 5.69 Å². The van der Waals surface area contributed by atoms with Crippen molar-refractivity contribution in [1.29, 1.82) is 0 Å². The van der Waals surface area contributed by atoms with Crippen molar-refractivity contribution < 1.29 is 19.0 Å². The first-order chi connectivity index (χ1) is 14.2. The maximum Gasteiger partial charge on any atom is 0.256 e. The Bertz CT molecular complexity index is 1020. The molecule has 0 aliphatic carbocycles. The molecule has 0 saturated carbocycles. The number of nitrogens with one attached hydrogen (secondary N) is 1. The predicted molar refractivity (Wildman–Crippen MR) is 113 cm³/mol. The van der Waals surface area contributed by atoms with Crippen LogP contribution in [0.5, 0.6) is 17.2 Å². The Balaban J connectivity index is 1.53. The van der Waals surface area contributed by atoms with Gasteiger partial charge in [0.15, 0.2) is 11.5 Å². The molecule has 2 heterocycles. The third-order valence-corrected chi connectivity index (χ3v) is 5.41. The molecule has 1 aromatic heterocycles. The van der Waals surface area contributed by atoms with E-state index in [0.717, 1.165) is 35.4 Å². The molecular formula is C22H25N3O4. The standard InChI is InChI=1S/C22H25N3O4/c1-27-19-7-5-4-6-18(19)24-8-10-25(11-9-24)22(26)16-14-23-17-13-21(29-3)20(28-2)12-15(16)17/h4-7,12-14,23H,8-11H2,1-3H3. The Hall–Kier alpha value is -3.35. The third-order valence-electron chi connectivity index (χ3n) is 5.41. The smallest absolute Gasteiger partial charge is 0.256 e. The van der Waals surface area contributed by atoms with E-state index in [2.05, 4.69) is 16.0 Å². The molecule has 0 unspecified atom stereocenters. The second kappa shape index (κ2) is 7.95. The first-order valence-corrected chi connectivity index (χ1v) is 9.56. The van der Waals surface area contributed by atoms with Crippen molar-refractivity contribution in [2.24, 2.45) is 0 Å². The number of ether oxygens (including phenoxy) is 3. The highest BCUT2D eigenvalue weighted by Crippen LogP contribution is 2.34. The highest BCUT2D eigenvalue weighted by molar-refractivity contribution is 6.07. The molecule has 1 N–H and O–H groups in total. The van der Waals surface area contributed by atoms with Gasteiger partial charge >= 0.3 is 0 Å². The summed E-state index contributed by atoms with van der Waals surface area (Å²) in [5.74, 6) is 2.11. The second-order valence-electron chi connectivity index (χ2n) is 6.91. The van der Waals surface area contributed by atoms with E-state index in [0.29, 0.717) is 30.2 Å². The number of anilines is 1. The summed E-state index contributed by atoms with van der Waals surface area (Å²) in [7, 11) is 4.87. The van der Waals surface area contributed by atoms with Gasteiger partial charge in [0.05, 0.1) is 38.1 Å². The first kappa shape index (κ1) is 19.0. The van der Waals surface area contributed by atoms with E-state index < -0.39 is 0 Å². The van der Waals surface area contributed by atoms with Gasteiger partial charge in [-0.05, 0) is 18.2 Å². The number of nitrogens with zero attached hydrogens (tertiary/aromatic N) is 2. The Labute approximate surface area is 169 Å². The molecule has 1 saturated heterocycles. The number of rotatable bonds is 5. The average molecular weight is 395 g/mol. The Kier molecular flexibility index (Phi) is 5.20. The van der Waals surface area contributed by atoms with E-state index in [1.807, 2.05) is 35.2 Å². The maximum atomic E-state index is 13.2. The molecule has 0 bridgehead atoms. The summed E-state index contributed by atoms with van der Waals surface area (Å²) in [6.07, 6.45) is 1.76. The number of para-hydroxylation sites is 2. The highest BCUT2D eigenvalue weighted by atomic mass is 16.5. The van der Waals surface area contributed by atoms with E-state index >= 15 is 0 Å². The Morgan fingerprint density at radius 1 is 0.897 bits per heavy atom. The summed E-state index contributed by atoms with van der Waals surface area (Å²) < 4.78 is 16.2. The zero-order valence-corrected chi connectivity index (χ0v) is 16.9. The van der Waals surface area contributed by atoms with Crippen LogP contribution in [-0.2, 0) is 0 Å². The van der Waals surface area contributed by atoms with Gasteiger partial charge in [0.2, 0.25) is 0 Å². The number of amides is 1. The van der Waals surface area contributed by atoms with E-state index in [-0.39, 0.29) is 5.91 Å². The molecule has 152 valence electrons. The minimum atomic E-state index is 0.0168. The number of hydrogen-bond acceptors (Lipinski definition) is 5. The van der Waals surface area contributed by atoms with Crippen molar-refractivity contribution >= 4 is 22.5 Å². The van der Waals surface area contributed by atoms with Crippen LogP contribution in [0.2, 0.25) is 0 Å². The molecule has 0 radical (unpaired) electrons. The van der Waals surface area contributed by atoms with Crippen molar-refractivity contribution in [2.75, 3.05) is 52.4 Å². The maximum absolute atomic E-state index is 13.2. The molecule has 4 rings (SSSR count). The SMILES string of the molecule is COc1cc2[nH]cc(C(=O)N3CCN(c4ccccc4OC)CC3)c2cc1OC. The summed E-state index contributed by atoms with van der Waals surface area (Å²) >= 11 is 0. The number of carbonyl (C=O) groups is 1. The number of piperazine rings is 1. The average Bonchev–Trinajstić information content (AvgIpc) is 3.20. The molecule has 1 fully saturated rings. The second-order valence-corrected chi connectivity index (χ2v) is 6.91. The van der Waals surface area contributed by atoms with Gasteiger partial charge in [0.25, 0.3) is 5.91 Å².